The van der Waals surface area contributed by atoms with E-state index in [0.717, 1.165) is 0 Å². The van der Waals surface area contributed by atoms with Gasteiger partial charge in [0, 0.05) is 11.8 Å². The smallest absolute Gasteiger partial charge is 0.0187 e. The molecule has 0 saturated carbocycles. The van der Waals surface area contributed by atoms with Crippen molar-refractivity contribution in [2.24, 2.45) is 5.92 Å². The minimum Gasteiger partial charge on any atom is -0.0767 e. The topological polar surface area (TPSA) is 0 Å². The number of benzene rings is 2. The lowest BCUT2D eigenvalue weighted by Gasteiger charge is -2.23. The van der Waals surface area contributed by atoms with Crippen molar-refractivity contribution in [3.63, 3.8) is 0 Å². The van der Waals surface area contributed by atoms with E-state index in [-0.39, 0.29) is 0 Å². The Morgan fingerprint density at radius 2 is 1.25 bits per heavy atom. The maximum atomic E-state index is 2.31. The average molecular weight is 260 g/mol. The van der Waals surface area contributed by atoms with Crippen molar-refractivity contribution in [1.29, 1.82) is 0 Å². The summed E-state index contributed by atoms with van der Waals surface area (Å²) in [5.41, 5.74) is 5.45. The van der Waals surface area contributed by atoms with Crippen molar-refractivity contribution < 1.29 is 0 Å². The highest BCUT2D eigenvalue weighted by Crippen LogP contribution is 2.36. The van der Waals surface area contributed by atoms with Crippen LogP contribution < -0.4 is 0 Å². The molecule has 20 heavy (non-hydrogen) atoms. The maximum absolute atomic E-state index is 2.31. The lowest BCUT2D eigenvalue weighted by atomic mass is 9.80. The van der Waals surface area contributed by atoms with Crippen LogP contribution in [0.3, 0.4) is 0 Å². The van der Waals surface area contributed by atoms with E-state index in [2.05, 4.69) is 86.7 Å². The lowest BCUT2D eigenvalue weighted by molar-refractivity contribution is 0.691. The van der Waals surface area contributed by atoms with Crippen LogP contribution in [0.2, 0.25) is 0 Å². The van der Waals surface area contributed by atoms with Gasteiger partial charge in [-0.05, 0) is 25.0 Å². The Bertz CT molecular complexity index is 604. The molecule has 0 radical (unpaired) electrons. The number of allylic oxidation sites excluding steroid dienone is 4. The molecule has 0 nitrogen and oxygen atoms in total. The number of hydrogen-bond acceptors (Lipinski definition) is 0. The van der Waals surface area contributed by atoms with Crippen molar-refractivity contribution in [3.05, 3.63) is 95.1 Å². The van der Waals surface area contributed by atoms with E-state index in [4.69, 9.17) is 0 Å². The fraction of sp³-hybridized carbons (Fsp3) is 0.200. The molecule has 0 saturated heterocycles. The van der Waals surface area contributed by atoms with Gasteiger partial charge in [-0.25, -0.2) is 0 Å². The molecule has 0 fully saturated rings. The van der Waals surface area contributed by atoms with Gasteiger partial charge in [0.15, 0.2) is 0 Å². The van der Waals surface area contributed by atoms with Gasteiger partial charge in [-0.1, -0.05) is 84.0 Å². The summed E-state index contributed by atoms with van der Waals surface area (Å²) < 4.78 is 0. The van der Waals surface area contributed by atoms with Crippen molar-refractivity contribution in [3.8, 4) is 0 Å². The van der Waals surface area contributed by atoms with Gasteiger partial charge in [-0.15, -0.1) is 0 Å². The quantitative estimate of drug-likeness (QED) is 0.713. The molecule has 0 heteroatoms. The molecular formula is C20H20. The zero-order valence-corrected chi connectivity index (χ0v) is 12.1. The molecule has 0 heterocycles. The first-order valence-corrected chi connectivity index (χ1v) is 7.22. The highest BCUT2D eigenvalue weighted by Gasteiger charge is 2.22. The van der Waals surface area contributed by atoms with E-state index < -0.39 is 0 Å². The summed E-state index contributed by atoms with van der Waals surface area (Å²) in [6, 6.07) is 17.8. The fourth-order valence-electron chi connectivity index (χ4n) is 3.04. The van der Waals surface area contributed by atoms with Crippen LogP contribution in [-0.4, -0.2) is 0 Å². The van der Waals surface area contributed by atoms with Gasteiger partial charge >= 0.3 is 0 Å². The third kappa shape index (κ3) is 2.60. The Hall–Kier alpha value is -2.08. The lowest BCUT2D eigenvalue weighted by Crippen LogP contribution is -2.10. The monoisotopic (exact) mass is 260 g/mol. The normalized spacial score (nSPS) is 14.3. The second-order valence-electron chi connectivity index (χ2n) is 5.65. The summed E-state index contributed by atoms with van der Waals surface area (Å²) >= 11 is 0. The molecule has 1 aliphatic carbocycles. The van der Waals surface area contributed by atoms with Gasteiger partial charge in [-0.3, -0.25) is 0 Å². The van der Waals surface area contributed by atoms with E-state index in [1.54, 1.807) is 0 Å². The molecule has 100 valence electrons. The molecule has 0 N–H and O–H groups in total. The van der Waals surface area contributed by atoms with Gasteiger partial charge in [0.2, 0.25) is 0 Å². The van der Waals surface area contributed by atoms with Crippen LogP contribution in [0.5, 0.6) is 0 Å². The molecule has 0 spiro atoms. The largest absolute Gasteiger partial charge is 0.0767 e. The minimum atomic E-state index is 0.407. The summed E-state index contributed by atoms with van der Waals surface area (Å²) in [7, 11) is 0. The van der Waals surface area contributed by atoms with Gasteiger partial charge in [0.1, 0.15) is 0 Å². The van der Waals surface area contributed by atoms with Gasteiger partial charge < -0.3 is 0 Å². The molecule has 0 atom stereocenters. The van der Waals surface area contributed by atoms with Crippen LogP contribution in [-0.2, 0) is 0 Å². The van der Waals surface area contributed by atoms with Crippen molar-refractivity contribution >= 4 is 0 Å². The number of aryl methyl sites for hydroxylation is 2. The Balaban J connectivity index is 2.08. The Labute approximate surface area is 121 Å². The van der Waals surface area contributed by atoms with Crippen LogP contribution in [0, 0.1) is 19.8 Å². The molecule has 0 aromatic heterocycles. The first kappa shape index (κ1) is 12.9. The van der Waals surface area contributed by atoms with Gasteiger partial charge in [0.25, 0.3) is 0 Å². The summed E-state index contributed by atoms with van der Waals surface area (Å²) in [4.78, 5) is 0. The molecule has 1 aliphatic rings. The Morgan fingerprint density at radius 1 is 0.750 bits per heavy atom. The van der Waals surface area contributed by atoms with Crippen LogP contribution in [0.4, 0.5) is 0 Å². The predicted molar refractivity (Wildman–Crippen MR) is 86.0 cm³/mol. The van der Waals surface area contributed by atoms with Gasteiger partial charge in [-0.2, -0.15) is 0 Å². The standard InChI is InChI=1S/C20H20/c1-15-7-5-11-18(13-15)20(17-9-3-4-10-17)19-12-6-8-16(2)14-19/h3-14,17,20H,1-2H3. The van der Waals surface area contributed by atoms with E-state index in [0.29, 0.717) is 11.8 Å². The molecule has 2 aromatic rings. The highest BCUT2D eigenvalue weighted by atomic mass is 14.3. The third-order valence-corrected chi connectivity index (χ3v) is 3.97. The molecule has 3 rings (SSSR count). The van der Waals surface area contributed by atoms with Crippen molar-refractivity contribution in [2.75, 3.05) is 0 Å². The molecule has 0 bridgehead atoms. The zero-order chi connectivity index (χ0) is 13.9. The Morgan fingerprint density at radius 3 is 1.70 bits per heavy atom. The summed E-state index contributed by atoms with van der Waals surface area (Å²) in [6.07, 6.45) is 8.91. The first-order chi connectivity index (χ1) is 9.74. The summed E-state index contributed by atoms with van der Waals surface area (Å²) in [5, 5.41) is 0. The molecule has 0 aliphatic heterocycles. The zero-order valence-electron chi connectivity index (χ0n) is 12.1. The highest BCUT2D eigenvalue weighted by molar-refractivity contribution is 5.40. The molecule has 0 amide bonds. The molecule has 2 aromatic carbocycles. The van der Waals surface area contributed by atoms with E-state index in [9.17, 15) is 0 Å². The molecular weight excluding hydrogens is 240 g/mol. The van der Waals surface area contributed by atoms with Crippen LogP contribution >= 0.6 is 0 Å². The predicted octanol–water partition coefficient (Wildman–Crippen LogP) is 5.18. The van der Waals surface area contributed by atoms with Crippen LogP contribution in [0.1, 0.15) is 28.2 Å². The van der Waals surface area contributed by atoms with Gasteiger partial charge in [0.05, 0.1) is 0 Å². The minimum absolute atomic E-state index is 0.407. The number of rotatable bonds is 3. The van der Waals surface area contributed by atoms with Crippen molar-refractivity contribution in [1.82, 2.24) is 0 Å². The SMILES string of the molecule is Cc1cccc(C(c2cccc(C)c2)C2C=CC=C2)c1. The first-order valence-electron chi connectivity index (χ1n) is 7.22. The fourth-order valence-corrected chi connectivity index (χ4v) is 3.04. The van der Waals surface area contributed by atoms with E-state index in [1.807, 2.05) is 0 Å². The van der Waals surface area contributed by atoms with E-state index >= 15 is 0 Å². The average Bonchev–Trinajstić information content (AvgIpc) is 2.93. The van der Waals surface area contributed by atoms with Crippen LogP contribution in [0.25, 0.3) is 0 Å². The summed E-state index contributed by atoms with van der Waals surface area (Å²) in [5.74, 6) is 0.864. The third-order valence-electron chi connectivity index (χ3n) is 3.97. The second-order valence-corrected chi connectivity index (χ2v) is 5.65. The van der Waals surface area contributed by atoms with Crippen LogP contribution in [0.15, 0.2) is 72.8 Å². The second kappa shape index (κ2) is 5.50. The number of hydrogen-bond donors (Lipinski definition) is 0. The van der Waals surface area contributed by atoms with E-state index in [1.165, 1.54) is 22.3 Å². The maximum Gasteiger partial charge on any atom is 0.0187 e. The summed E-state index contributed by atoms with van der Waals surface area (Å²) in [6.45, 7) is 4.33. The van der Waals surface area contributed by atoms with Crippen molar-refractivity contribution in [2.45, 2.75) is 19.8 Å². The molecule has 0 unspecified atom stereocenters. The Kier molecular flexibility index (Phi) is 3.56.